The van der Waals surface area contributed by atoms with Gasteiger partial charge in [-0.15, -0.1) is 0 Å². The zero-order valence-electron chi connectivity index (χ0n) is 11.0. The van der Waals surface area contributed by atoms with E-state index >= 15 is 0 Å². The van der Waals surface area contributed by atoms with Gasteiger partial charge in [-0.2, -0.15) is 5.10 Å². The van der Waals surface area contributed by atoms with Crippen molar-refractivity contribution in [2.75, 3.05) is 26.2 Å². The highest BCUT2D eigenvalue weighted by Crippen LogP contribution is 2.33. The molecule has 0 bridgehead atoms. The van der Waals surface area contributed by atoms with E-state index in [9.17, 15) is 0 Å². The summed E-state index contributed by atoms with van der Waals surface area (Å²) in [4.78, 5) is 2.63. The van der Waals surface area contributed by atoms with E-state index in [0.717, 1.165) is 11.8 Å². The van der Waals surface area contributed by atoms with Gasteiger partial charge in [0.2, 0.25) is 0 Å². The summed E-state index contributed by atoms with van der Waals surface area (Å²) in [5, 5.41) is 7.95. The van der Waals surface area contributed by atoms with E-state index in [0.29, 0.717) is 6.04 Å². The number of aromatic nitrogens is 2. The second kappa shape index (κ2) is 4.10. The van der Waals surface area contributed by atoms with Crippen molar-refractivity contribution in [2.45, 2.75) is 19.9 Å². The quantitative estimate of drug-likeness (QED) is 0.827. The van der Waals surface area contributed by atoms with Crippen molar-refractivity contribution < 1.29 is 0 Å². The Morgan fingerprint density at radius 2 is 2.00 bits per heavy atom. The Morgan fingerprint density at radius 1 is 1.35 bits per heavy atom. The molecule has 0 aromatic carbocycles. The van der Waals surface area contributed by atoms with Crippen LogP contribution in [0.4, 0.5) is 0 Å². The van der Waals surface area contributed by atoms with Crippen LogP contribution in [0.15, 0.2) is 6.20 Å². The molecule has 4 heteroatoms. The van der Waals surface area contributed by atoms with E-state index < -0.39 is 0 Å². The van der Waals surface area contributed by atoms with Crippen molar-refractivity contribution in [1.29, 1.82) is 0 Å². The molecule has 94 valence electrons. The minimum absolute atomic E-state index is 0.509. The fraction of sp³-hybridized carbons (Fsp3) is 0.769. The molecular formula is C13H22N4. The molecule has 3 atom stereocenters. The normalized spacial score (nSPS) is 30.8. The summed E-state index contributed by atoms with van der Waals surface area (Å²) in [6.45, 7) is 9.34. The summed E-state index contributed by atoms with van der Waals surface area (Å²) in [6, 6.07) is 0.509. The van der Waals surface area contributed by atoms with Crippen molar-refractivity contribution in [3.05, 3.63) is 17.5 Å². The van der Waals surface area contributed by atoms with Crippen molar-refractivity contribution >= 4 is 0 Å². The Kier molecular flexibility index (Phi) is 2.71. The number of hydrogen-bond donors (Lipinski definition) is 1. The van der Waals surface area contributed by atoms with E-state index in [1.54, 1.807) is 0 Å². The topological polar surface area (TPSA) is 33.1 Å². The maximum Gasteiger partial charge on any atom is 0.0641 e. The number of rotatable bonds is 2. The van der Waals surface area contributed by atoms with E-state index in [2.05, 4.69) is 35.4 Å². The summed E-state index contributed by atoms with van der Waals surface area (Å²) in [7, 11) is 2.01. The van der Waals surface area contributed by atoms with Gasteiger partial charge >= 0.3 is 0 Å². The first-order chi connectivity index (χ1) is 8.15. The molecule has 0 radical (unpaired) electrons. The molecule has 3 heterocycles. The molecule has 0 amide bonds. The first-order valence-electron chi connectivity index (χ1n) is 6.60. The summed E-state index contributed by atoms with van der Waals surface area (Å²) >= 11 is 0. The molecule has 2 aliphatic heterocycles. The monoisotopic (exact) mass is 234 g/mol. The maximum absolute atomic E-state index is 4.45. The van der Waals surface area contributed by atoms with E-state index in [1.165, 1.54) is 37.4 Å². The SMILES string of the molecule is Cc1nn(C)cc1C(C)N1CC2CNCC2C1. The molecule has 2 fully saturated rings. The Balaban J connectivity index is 1.75. The van der Waals surface area contributed by atoms with Gasteiger partial charge in [-0.25, -0.2) is 0 Å². The molecule has 3 unspecified atom stereocenters. The Bertz CT molecular complexity index is 400. The second-order valence-corrected chi connectivity index (χ2v) is 5.65. The van der Waals surface area contributed by atoms with Crippen molar-refractivity contribution in [1.82, 2.24) is 20.0 Å². The third-order valence-corrected chi connectivity index (χ3v) is 4.47. The van der Waals surface area contributed by atoms with E-state index in [4.69, 9.17) is 0 Å². The van der Waals surface area contributed by atoms with Crippen LogP contribution in [0, 0.1) is 18.8 Å². The van der Waals surface area contributed by atoms with E-state index in [1.807, 2.05) is 11.7 Å². The Hall–Kier alpha value is -0.870. The molecule has 1 aromatic rings. The molecule has 0 saturated carbocycles. The molecule has 3 rings (SSSR count). The highest BCUT2D eigenvalue weighted by atomic mass is 15.3. The molecule has 0 aliphatic carbocycles. The zero-order valence-corrected chi connectivity index (χ0v) is 11.0. The van der Waals surface area contributed by atoms with E-state index in [-0.39, 0.29) is 0 Å². The summed E-state index contributed by atoms with van der Waals surface area (Å²) < 4.78 is 1.93. The first kappa shape index (κ1) is 11.2. The van der Waals surface area contributed by atoms with Crippen LogP contribution >= 0.6 is 0 Å². The molecule has 4 nitrogen and oxygen atoms in total. The smallest absolute Gasteiger partial charge is 0.0641 e. The van der Waals surface area contributed by atoms with Crippen LogP contribution in [0.1, 0.15) is 24.2 Å². The lowest BCUT2D eigenvalue weighted by Crippen LogP contribution is -2.28. The largest absolute Gasteiger partial charge is 0.316 e. The maximum atomic E-state index is 4.45. The Labute approximate surface area is 103 Å². The summed E-state index contributed by atoms with van der Waals surface area (Å²) in [5.74, 6) is 1.74. The van der Waals surface area contributed by atoms with Gasteiger partial charge in [0.1, 0.15) is 0 Å². The lowest BCUT2D eigenvalue weighted by atomic mass is 10.0. The van der Waals surface area contributed by atoms with Crippen LogP contribution in [0.2, 0.25) is 0 Å². The van der Waals surface area contributed by atoms with Gasteiger partial charge in [-0.05, 0) is 38.8 Å². The van der Waals surface area contributed by atoms with Gasteiger partial charge in [0.05, 0.1) is 5.69 Å². The number of nitrogens with one attached hydrogen (secondary N) is 1. The van der Waals surface area contributed by atoms with Crippen LogP contribution in [0.5, 0.6) is 0 Å². The fourth-order valence-corrected chi connectivity index (χ4v) is 3.43. The number of aryl methyl sites for hydroxylation is 2. The molecule has 1 aromatic heterocycles. The van der Waals surface area contributed by atoms with Crippen LogP contribution in [0.25, 0.3) is 0 Å². The van der Waals surface area contributed by atoms with Crippen LogP contribution in [-0.2, 0) is 7.05 Å². The number of hydrogen-bond acceptors (Lipinski definition) is 3. The van der Waals surface area contributed by atoms with Crippen LogP contribution in [0.3, 0.4) is 0 Å². The van der Waals surface area contributed by atoms with Gasteiger partial charge in [0.25, 0.3) is 0 Å². The Morgan fingerprint density at radius 3 is 2.53 bits per heavy atom. The average molecular weight is 234 g/mol. The minimum atomic E-state index is 0.509. The fourth-order valence-electron chi connectivity index (χ4n) is 3.43. The lowest BCUT2D eigenvalue weighted by Gasteiger charge is -2.24. The molecule has 2 saturated heterocycles. The number of likely N-dealkylation sites (tertiary alicyclic amines) is 1. The van der Waals surface area contributed by atoms with Gasteiger partial charge in [-0.3, -0.25) is 9.58 Å². The summed E-state index contributed by atoms with van der Waals surface area (Å²) in [5.41, 5.74) is 2.57. The molecule has 17 heavy (non-hydrogen) atoms. The molecule has 1 N–H and O–H groups in total. The number of nitrogens with zero attached hydrogens (tertiary/aromatic N) is 3. The van der Waals surface area contributed by atoms with Gasteiger partial charge in [0, 0.05) is 37.9 Å². The molecular weight excluding hydrogens is 212 g/mol. The van der Waals surface area contributed by atoms with Gasteiger partial charge in [-0.1, -0.05) is 0 Å². The van der Waals surface area contributed by atoms with Crippen LogP contribution < -0.4 is 5.32 Å². The third-order valence-electron chi connectivity index (χ3n) is 4.47. The van der Waals surface area contributed by atoms with Crippen molar-refractivity contribution in [3.8, 4) is 0 Å². The second-order valence-electron chi connectivity index (χ2n) is 5.65. The van der Waals surface area contributed by atoms with Gasteiger partial charge in [0.15, 0.2) is 0 Å². The summed E-state index contributed by atoms with van der Waals surface area (Å²) in [6.07, 6.45) is 2.17. The highest BCUT2D eigenvalue weighted by molar-refractivity contribution is 5.20. The lowest BCUT2D eigenvalue weighted by molar-refractivity contribution is 0.243. The predicted molar refractivity (Wildman–Crippen MR) is 67.8 cm³/mol. The molecule has 0 spiro atoms. The van der Waals surface area contributed by atoms with Crippen molar-refractivity contribution in [3.63, 3.8) is 0 Å². The van der Waals surface area contributed by atoms with Gasteiger partial charge < -0.3 is 5.32 Å². The zero-order chi connectivity index (χ0) is 12.0. The standard InChI is InChI=1S/C13H22N4/c1-9-13(8-16(3)15-9)10(2)17-6-11-4-14-5-12(11)7-17/h8,10-12,14H,4-7H2,1-3H3. The number of fused-ring (bicyclic) bond motifs is 1. The van der Waals surface area contributed by atoms with Crippen molar-refractivity contribution in [2.24, 2.45) is 18.9 Å². The van der Waals surface area contributed by atoms with Crippen LogP contribution in [-0.4, -0.2) is 40.9 Å². The minimum Gasteiger partial charge on any atom is -0.316 e. The molecule has 2 aliphatic rings. The average Bonchev–Trinajstić information content (AvgIpc) is 2.90. The predicted octanol–water partition coefficient (Wildman–Crippen LogP) is 0.941. The first-order valence-corrected chi connectivity index (χ1v) is 6.60. The third kappa shape index (κ3) is 1.89. The highest BCUT2D eigenvalue weighted by Gasteiger charge is 2.38.